The molecule has 10 heavy (non-hydrogen) atoms. The minimum Gasteiger partial charge on any atom is -0.311 e. The molecule has 0 N–H and O–H groups in total. The number of hydrogen-bond acceptors (Lipinski definition) is 2. The molecule has 0 aliphatic heterocycles. The van der Waals surface area contributed by atoms with Crippen LogP contribution in [0, 0.1) is 11.5 Å². The van der Waals surface area contributed by atoms with Gasteiger partial charge in [-0.25, -0.2) is 0 Å². The summed E-state index contributed by atoms with van der Waals surface area (Å²) in [4.78, 5) is 1.79. The van der Waals surface area contributed by atoms with Crippen LogP contribution in [0.15, 0.2) is 0 Å². The van der Waals surface area contributed by atoms with Crippen molar-refractivity contribution in [3.05, 3.63) is 0 Å². The van der Waals surface area contributed by atoms with Gasteiger partial charge in [0.2, 0.25) is 0 Å². The summed E-state index contributed by atoms with van der Waals surface area (Å²) in [5.74, 6) is 0. The highest BCUT2D eigenvalue weighted by Crippen LogP contribution is 1.96. The molecule has 0 heterocycles. The highest BCUT2D eigenvalue weighted by Gasteiger charge is 1.94. The van der Waals surface area contributed by atoms with Crippen LogP contribution >= 0.6 is 0 Å². The van der Waals surface area contributed by atoms with Crippen LogP contribution in [0.25, 0.3) is 0 Å². The highest BCUT2D eigenvalue weighted by molar-refractivity contribution is 4.70. The zero-order valence-corrected chi connectivity index (χ0v) is 6.93. The normalized spacial score (nSPS) is 8.90. The molecule has 0 atom stereocenters. The van der Waals surface area contributed by atoms with Gasteiger partial charge in [0.15, 0.2) is 6.19 Å². The van der Waals surface area contributed by atoms with Gasteiger partial charge in [-0.15, -0.1) is 0 Å². The summed E-state index contributed by atoms with van der Waals surface area (Å²) >= 11 is 0. The van der Waals surface area contributed by atoms with Crippen molar-refractivity contribution >= 4 is 0 Å². The van der Waals surface area contributed by atoms with Crippen molar-refractivity contribution < 1.29 is 0 Å². The number of nitriles is 1. The first-order chi connectivity index (χ1) is 4.85. The molecular weight excluding hydrogens is 124 g/mol. The third-order valence-electron chi connectivity index (χ3n) is 1.55. The summed E-state index contributed by atoms with van der Waals surface area (Å²) in [6, 6.07) is 0. The van der Waals surface area contributed by atoms with Crippen LogP contribution in [0.2, 0.25) is 0 Å². The molecule has 0 aromatic heterocycles. The third kappa shape index (κ3) is 4.20. The van der Waals surface area contributed by atoms with Gasteiger partial charge in [-0.1, -0.05) is 19.8 Å². The quantitative estimate of drug-likeness (QED) is 0.331. The van der Waals surface area contributed by atoms with Gasteiger partial charge < -0.3 is 4.90 Å². The lowest BCUT2D eigenvalue weighted by Crippen LogP contribution is -2.17. The molecule has 0 amide bonds. The molecule has 2 nitrogen and oxygen atoms in total. The molecule has 0 aliphatic rings. The first-order valence-corrected chi connectivity index (χ1v) is 3.99. The second-order valence-electron chi connectivity index (χ2n) is 2.39. The second kappa shape index (κ2) is 6.41. The van der Waals surface area contributed by atoms with Crippen molar-refractivity contribution in [1.82, 2.24) is 4.90 Å². The van der Waals surface area contributed by atoms with E-state index in [4.69, 9.17) is 5.26 Å². The number of unbranched alkanes of at least 4 members (excludes halogenated alkanes) is 2. The monoisotopic (exact) mass is 140 g/mol. The highest BCUT2D eigenvalue weighted by atomic mass is 15.1. The van der Waals surface area contributed by atoms with E-state index in [1.807, 2.05) is 6.92 Å². The maximum absolute atomic E-state index is 8.50. The zero-order valence-electron chi connectivity index (χ0n) is 6.93. The average molecular weight is 140 g/mol. The predicted molar refractivity (Wildman–Crippen MR) is 42.4 cm³/mol. The van der Waals surface area contributed by atoms with Gasteiger partial charge in [0, 0.05) is 13.1 Å². The Kier molecular flexibility index (Phi) is 5.96. The van der Waals surface area contributed by atoms with Gasteiger partial charge in [-0.2, -0.15) is 5.26 Å². The van der Waals surface area contributed by atoms with Gasteiger partial charge in [0.25, 0.3) is 0 Å². The summed E-state index contributed by atoms with van der Waals surface area (Å²) in [5, 5.41) is 8.50. The van der Waals surface area contributed by atoms with Gasteiger partial charge in [0.1, 0.15) is 0 Å². The topological polar surface area (TPSA) is 27.0 Å². The van der Waals surface area contributed by atoms with Crippen LogP contribution in [0.5, 0.6) is 0 Å². The summed E-state index contributed by atoms with van der Waals surface area (Å²) in [7, 11) is 0. The number of rotatable bonds is 5. The van der Waals surface area contributed by atoms with Gasteiger partial charge in [-0.3, -0.25) is 0 Å². The predicted octanol–water partition coefficient (Wildman–Crippen LogP) is 1.98. The lowest BCUT2D eigenvalue weighted by molar-refractivity contribution is 0.398. The average Bonchev–Trinajstić information content (AvgIpc) is 1.99. The van der Waals surface area contributed by atoms with Gasteiger partial charge in [0.05, 0.1) is 0 Å². The number of hydrogen-bond donors (Lipinski definition) is 0. The minimum absolute atomic E-state index is 0.847. The summed E-state index contributed by atoms with van der Waals surface area (Å²) < 4.78 is 0. The molecule has 0 bridgehead atoms. The fraction of sp³-hybridized carbons (Fsp3) is 0.875. The Morgan fingerprint density at radius 3 is 2.40 bits per heavy atom. The molecule has 0 spiro atoms. The van der Waals surface area contributed by atoms with Gasteiger partial charge >= 0.3 is 0 Å². The molecule has 0 saturated carbocycles. The fourth-order valence-electron chi connectivity index (χ4n) is 0.831. The van der Waals surface area contributed by atoms with E-state index in [0.29, 0.717) is 0 Å². The maximum Gasteiger partial charge on any atom is 0.179 e. The molecule has 2 heteroatoms. The van der Waals surface area contributed by atoms with Crippen molar-refractivity contribution in [3.63, 3.8) is 0 Å². The summed E-state index contributed by atoms with van der Waals surface area (Å²) in [6.45, 7) is 5.96. The standard InChI is InChI=1S/C8H16N2/c1-3-5-6-7-10(4-2)8-9/h3-7H2,1-2H3. The second-order valence-corrected chi connectivity index (χ2v) is 2.39. The Morgan fingerprint density at radius 1 is 1.30 bits per heavy atom. The Bertz CT molecular complexity index is 104. The SMILES string of the molecule is CCCCCN(C#N)CC. The molecular formula is C8H16N2. The van der Waals surface area contributed by atoms with Crippen LogP contribution in [0.1, 0.15) is 33.1 Å². The Hall–Kier alpha value is -0.710. The van der Waals surface area contributed by atoms with E-state index in [2.05, 4.69) is 13.1 Å². The molecule has 0 aliphatic carbocycles. The molecule has 0 unspecified atom stereocenters. The van der Waals surface area contributed by atoms with Crippen LogP contribution in [0.3, 0.4) is 0 Å². The molecule has 0 fully saturated rings. The Balaban J connectivity index is 3.20. The summed E-state index contributed by atoms with van der Waals surface area (Å²) in [6.07, 6.45) is 5.75. The van der Waals surface area contributed by atoms with E-state index in [1.54, 1.807) is 4.90 Å². The van der Waals surface area contributed by atoms with E-state index in [-0.39, 0.29) is 0 Å². The molecule has 0 radical (unpaired) electrons. The van der Waals surface area contributed by atoms with Crippen LogP contribution in [-0.4, -0.2) is 18.0 Å². The lowest BCUT2D eigenvalue weighted by atomic mass is 10.2. The molecule has 0 rings (SSSR count). The van der Waals surface area contributed by atoms with Crippen LogP contribution in [0.4, 0.5) is 0 Å². The number of nitrogens with zero attached hydrogens (tertiary/aromatic N) is 2. The largest absolute Gasteiger partial charge is 0.311 e. The third-order valence-corrected chi connectivity index (χ3v) is 1.55. The fourth-order valence-corrected chi connectivity index (χ4v) is 0.831. The van der Waals surface area contributed by atoms with E-state index >= 15 is 0 Å². The molecule has 0 aromatic rings. The molecule has 0 saturated heterocycles. The van der Waals surface area contributed by atoms with Crippen molar-refractivity contribution in [1.29, 1.82) is 5.26 Å². The smallest absolute Gasteiger partial charge is 0.179 e. The first kappa shape index (κ1) is 9.29. The van der Waals surface area contributed by atoms with Crippen LogP contribution < -0.4 is 0 Å². The molecule has 58 valence electrons. The zero-order chi connectivity index (χ0) is 7.82. The van der Waals surface area contributed by atoms with E-state index in [1.165, 1.54) is 12.8 Å². The Morgan fingerprint density at radius 2 is 2.00 bits per heavy atom. The van der Waals surface area contributed by atoms with E-state index < -0.39 is 0 Å². The Labute approximate surface area is 63.4 Å². The van der Waals surface area contributed by atoms with Crippen molar-refractivity contribution in [2.45, 2.75) is 33.1 Å². The summed E-state index contributed by atoms with van der Waals surface area (Å²) in [5.41, 5.74) is 0. The van der Waals surface area contributed by atoms with E-state index in [9.17, 15) is 0 Å². The van der Waals surface area contributed by atoms with Gasteiger partial charge in [-0.05, 0) is 13.3 Å². The minimum atomic E-state index is 0.847. The molecule has 0 aromatic carbocycles. The van der Waals surface area contributed by atoms with Crippen LogP contribution in [-0.2, 0) is 0 Å². The maximum atomic E-state index is 8.50. The first-order valence-electron chi connectivity index (χ1n) is 3.99. The van der Waals surface area contributed by atoms with Crippen molar-refractivity contribution in [2.75, 3.05) is 13.1 Å². The lowest BCUT2D eigenvalue weighted by Gasteiger charge is -2.11. The van der Waals surface area contributed by atoms with Crippen molar-refractivity contribution in [3.8, 4) is 6.19 Å². The van der Waals surface area contributed by atoms with Crippen molar-refractivity contribution in [2.24, 2.45) is 0 Å². The van der Waals surface area contributed by atoms with E-state index in [0.717, 1.165) is 19.5 Å².